The van der Waals surface area contributed by atoms with Crippen molar-refractivity contribution in [3.8, 4) is 5.75 Å². The van der Waals surface area contributed by atoms with E-state index in [4.69, 9.17) is 10.5 Å². The molecule has 1 amide bonds. The molecule has 1 heterocycles. The molecule has 4 rings (SSSR count). The topological polar surface area (TPSA) is 102 Å². The van der Waals surface area contributed by atoms with Gasteiger partial charge in [0.05, 0.1) is 24.2 Å². The summed E-state index contributed by atoms with van der Waals surface area (Å²) in [5.41, 5.74) is 6.87. The van der Waals surface area contributed by atoms with Gasteiger partial charge in [0, 0.05) is 29.6 Å². The summed E-state index contributed by atoms with van der Waals surface area (Å²) in [6.45, 7) is 8.07. The lowest BCUT2D eigenvalue weighted by molar-refractivity contribution is -0.137. The van der Waals surface area contributed by atoms with Gasteiger partial charge in [0.15, 0.2) is 0 Å². The highest BCUT2D eigenvalue weighted by molar-refractivity contribution is 5.91. The van der Waals surface area contributed by atoms with Crippen LogP contribution < -0.4 is 21.1 Å². The number of nitrogens with one attached hydrogen (secondary N) is 2. The summed E-state index contributed by atoms with van der Waals surface area (Å²) in [5, 5.41) is 7.10. The van der Waals surface area contributed by atoms with Gasteiger partial charge in [0.1, 0.15) is 17.4 Å². The Morgan fingerprint density at radius 2 is 1.73 bits per heavy atom. The van der Waals surface area contributed by atoms with Crippen molar-refractivity contribution in [2.75, 3.05) is 25.2 Å². The third kappa shape index (κ3) is 9.57. The number of methoxy groups -OCH3 is 1. The molecule has 4 N–H and O–H groups in total. The number of benzene rings is 2. The Labute approximate surface area is 290 Å². The molecule has 1 aromatic heterocycles. The third-order valence-corrected chi connectivity index (χ3v) is 10.6. The van der Waals surface area contributed by atoms with Gasteiger partial charge in [-0.3, -0.25) is 4.79 Å². The van der Waals surface area contributed by atoms with E-state index in [1.54, 1.807) is 34.1 Å². The van der Waals surface area contributed by atoms with Crippen LogP contribution in [0, 0.1) is 18.3 Å². The number of hydrogen-bond donors (Lipinski definition) is 3. The number of aromatic nitrogens is 2. The van der Waals surface area contributed by atoms with Crippen molar-refractivity contribution in [2.45, 2.75) is 129 Å². The first-order valence-electron chi connectivity index (χ1n) is 18.2. The molecule has 0 spiro atoms. The summed E-state index contributed by atoms with van der Waals surface area (Å²) in [6, 6.07) is 7.09. The number of nitrogens with two attached hydrogens (primary N) is 1. The quantitative estimate of drug-likeness (QED) is 0.103. The van der Waals surface area contributed by atoms with Crippen LogP contribution in [0.5, 0.6) is 5.75 Å². The predicted octanol–water partition coefficient (Wildman–Crippen LogP) is 10.3. The van der Waals surface area contributed by atoms with Gasteiger partial charge in [-0.2, -0.15) is 13.2 Å². The minimum Gasteiger partial charge on any atom is -0.496 e. The molecule has 0 bridgehead atoms. The number of nitrogens with zero attached hydrogens (tertiary/aromatic N) is 2. The molecule has 3 aromatic rings. The molecule has 1 saturated carbocycles. The van der Waals surface area contributed by atoms with Crippen LogP contribution in [0.2, 0.25) is 0 Å². The summed E-state index contributed by atoms with van der Waals surface area (Å²) >= 11 is 0. The number of aryl methyl sites for hydroxylation is 1. The molecule has 0 aliphatic heterocycles. The highest BCUT2D eigenvalue weighted by atomic mass is 19.4. The van der Waals surface area contributed by atoms with Gasteiger partial charge in [-0.05, 0) is 93.2 Å². The van der Waals surface area contributed by atoms with Gasteiger partial charge in [-0.25, -0.2) is 9.97 Å². The smallest absolute Gasteiger partial charge is 0.416 e. The Hall–Kier alpha value is -3.56. The average molecular weight is 684 g/mol. The number of fused-ring (bicyclic) bond motifs is 1. The summed E-state index contributed by atoms with van der Waals surface area (Å²) in [6.07, 6.45) is 9.60. The van der Waals surface area contributed by atoms with Crippen molar-refractivity contribution in [1.82, 2.24) is 15.3 Å². The molecule has 0 saturated heterocycles. The van der Waals surface area contributed by atoms with E-state index < -0.39 is 17.8 Å². The maximum Gasteiger partial charge on any atom is 0.416 e. The van der Waals surface area contributed by atoms with E-state index in [0.29, 0.717) is 28.6 Å². The fourth-order valence-electron chi connectivity index (χ4n) is 7.76. The lowest BCUT2D eigenvalue weighted by Crippen LogP contribution is -2.43. The van der Waals surface area contributed by atoms with E-state index in [0.717, 1.165) is 67.4 Å². The zero-order valence-electron chi connectivity index (χ0n) is 30.2. The van der Waals surface area contributed by atoms with Crippen LogP contribution in [0.3, 0.4) is 0 Å². The molecular formula is C39H56F3N5O2. The van der Waals surface area contributed by atoms with Crippen LogP contribution in [0.4, 0.5) is 24.7 Å². The largest absolute Gasteiger partial charge is 0.496 e. The van der Waals surface area contributed by atoms with Gasteiger partial charge < -0.3 is 21.1 Å². The summed E-state index contributed by atoms with van der Waals surface area (Å²) < 4.78 is 46.6. The molecule has 0 radical (unpaired) electrons. The van der Waals surface area contributed by atoms with Gasteiger partial charge in [0.25, 0.3) is 0 Å². The number of rotatable bonds is 16. The van der Waals surface area contributed by atoms with E-state index in [1.165, 1.54) is 44.9 Å². The standard InChI is InChI=1S/C39H56F3N5O2/c1-7-9-10-11-12-13-14-27(8-2)24-38(37(48)44-5)17-15-28(16-18-38)32-22-33-34(23-35(32)49-6)46-26(4)47-36(33)45-25(3)29-19-30(39(40,41)42)21-31(43)20-29/h19-23,25,27-28H,7-18,24,43H2,1-6H3,(H,44,48)(H,45,46,47)/t25-,27?,28?,38?/m1/s1. The van der Waals surface area contributed by atoms with Gasteiger partial charge >= 0.3 is 6.18 Å². The highest BCUT2D eigenvalue weighted by Gasteiger charge is 2.43. The summed E-state index contributed by atoms with van der Waals surface area (Å²) in [5.74, 6) is 2.65. The summed E-state index contributed by atoms with van der Waals surface area (Å²) in [7, 11) is 3.41. The van der Waals surface area contributed by atoms with Crippen LogP contribution in [0.25, 0.3) is 10.9 Å². The Balaban J connectivity index is 1.57. The zero-order chi connectivity index (χ0) is 35.8. The first-order valence-corrected chi connectivity index (χ1v) is 18.2. The maximum absolute atomic E-state index is 13.6. The number of hydrogen-bond acceptors (Lipinski definition) is 6. The lowest BCUT2D eigenvalue weighted by Gasteiger charge is -2.41. The first-order chi connectivity index (χ1) is 23.3. The molecule has 1 aliphatic carbocycles. The van der Waals surface area contributed by atoms with Crippen molar-refractivity contribution in [3.05, 3.63) is 52.8 Å². The molecule has 7 nitrogen and oxygen atoms in total. The van der Waals surface area contributed by atoms with Crippen molar-refractivity contribution < 1.29 is 22.7 Å². The number of halogens is 3. The normalized spacial score (nSPS) is 19.4. The van der Waals surface area contributed by atoms with E-state index >= 15 is 0 Å². The maximum atomic E-state index is 13.6. The van der Waals surface area contributed by atoms with Gasteiger partial charge in [-0.15, -0.1) is 0 Å². The van der Waals surface area contributed by atoms with E-state index in [1.807, 2.05) is 6.07 Å². The second-order valence-electron chi connectivity index (χ2n) is 14.2. The number of carbonyl (C=O) groups excluding carboxylic acids is 1. The molecule has 1 fully saturated rings. The number of alkyl halides is 3. The molecule has 1 aliphatic rings. The minimum atomic E-state index is -4.51. The lowest BCUT2D eigenvalue weighted by atomic mass is 9.64. The Morgan fingerprint density at radius 3 is 2.37 bits per heavy atom. The third-order valence-electron chi connectivity index (χ3n) is 10.6. The van der Waals surface area contributed by atoms with Crippen molar-refractivity contribution in [2.24, 2.45) is 11.3 Å². The number of nitrogen functional groups attached to an aromatic ring is 1. The van der Waals surface area contributed by atoms with Crippen LogP contribution in [0.15, 0.2) is 30.3 Å². The Morgan fingerprint density at radius 1 is 1.04 bits per heavy atom. The molecule has 2 atom stereocenters. The molecule has 10 heteroatoms. The minimum absolute atomic E-state index is 0.0482. The van der Waals surface area contributed by atoms with Crippen molar-refractivity contribution in [1.29, 1.82) is 0 Å². The second kappa shape index (κ2) is 16.9. The predicted molar refractivity (Wildman–Crippen MR) is 193 cm³/mol. The number of anilines is 2. The molecule has 49 heavy (non-hydrogen) atoms. The van der Waals surface area contributed by atoms with E-state index in [-0.39, 0.29) is 22.9 Å². The number of amides is 1. The van der Waals surface area contributed by atoms with Crippen LogP contribution in [-0.2, 0) is 11.0 Å². The monoisotopic (exact) mass is 683 g/mol. The Bertz CT molecular complexity index is 1550. The number of ether oxygens (including phenoxy) is 1. The van der Waals surface area contributed by atoms with Crippen LogP contribution in [0.1, 0.15) is 139 Å². The summed E-state index contributed by atoms with van der Waals surface area (Å²) in [4.78, 5) is 22.8. The van der Waals surface area contributed by atoms with Crippen molar-refractivity contribution in [3.63, 3.8) is 0 Å². The Kier molecular flexibility index (Phi) is 13.2. The van der Waals surface area contributed by atoms with E-state index in [9.17, 15) is 18.0 Å². The SMILES string of the molecule is CCCCCCCCC(CC)CC1(C(=O)NC)CCC(c2cc3c(N[C@H](C)c4cc(N)cc(C(F)(F)F)c4)nc(C)nc3cc2OC)CC1. The molecule has 2 aromatic carbocycles. The van der Waals surface area contributed by atoms with Crippen LogP contribution >= 0.6 is 0 Å². The second-order valence-corrected chi connectivity index (χ2v) is 14.2. The fourth-order valence-corrected chi connectivity index (χ4v) is 7.76. The van der Waals surface area contributed by atoms with Gasteiger partial charge in [0.2, 0.25) is 5.91 Å². The average Bonchev–Trinajstić information content (AvgIpc) is 3.07. The van der Waals surface area contributed by atoms with Crippen molar-refractivity contribution >= 4 is 28.3 Å². The fraction of sp³-hybridized carbons (Fsp3) is 0.615. The highest BCUT2D eigenvalue weighted by Crippen LogP contribution is 2.50. The molecular weight excluding hydrogens is 627 g/mol. The van der Waals surface area contributed by atoms with E-state index in [2.05, 4.69) is 40.5 Å². The number of carbonyl (C=O) groups is 1. The first kappa shape index (κ1) is 38.2. The van der Waals surface area contributed by atoms with Gasteiger partial charge in [-0.1, -0.05) is 65.2 Å². The molecule has 270 valence electrons. The molecule has 1 unspecified atom stereocenters. The van der Waals surface area contributed by atoms with Crippen LogP contribution in [-0.4, -0.2) is 30.0 Å². The zero-order valence-corrected chi connectivity index (χ0v) is 30.2. The number of unbranched alkanes of at least 4 members (excludes halogenated alkanes) is 5.